The largest absolute Gasteiger partial charge is 0.545 e. The van der Waals surface area contributed by atoms with Gasteiger partial charge < -0.3 is 19.1 Å². The van der Waals surface area contributed by atoms with E-state index in [0.717, 1.165) is 4.90 Å². The molecule has 2 aromatic rings. The van der Waals surface area contributed by atoms with E-state index in [1.165, 1.54) is 25.3 Å². The zero-order valence-electron chi connectivity index (χ0n) is 14.0. The number of nitrogens with zero attached hydrogens (tertiary/aromatic N) is 1. The third-order valence-electron chi connectivity index (χ3n) is 3.69. The lowest BCUT2D eigenvalue weighted by molar-refractivity contribution is -0.255. The molecule has 138 valence electrons. The van der Waals surface area contributed by atoms with Gasteiger partial charge in [-0.05, 0) is 29.5 Å². The maximum absolute atomic E-state index is 12.3. The van der Waals surface area contributed by atoms with E-state index < -0.39 is 29.6 Å². The van der Waals surface area contributed by atoms with Crippen LogP contribution in [0, 0.1) is 0 Å². The van der Waals surface area contributed by atoms with E-state index >= 15 is 0 Å². The molecule has 1 aliphatic heterocycles. The van der Waals surface area contributed by atoms with Gasteiger partial charge >= 0.3 is 5.97 Å². The highest BCUT2D eigenvalue weighted by Crippen LogP contribution is 2.33. The highest BCUT2D eigenvalue weighted by molar-refractivity contribution is 8.18. The van der Waals surface area contributed by atoms with Crippen LogP contribution in [0.4, 0.5) is 4.79 Å². The highest BCUT2D eigenvalue weighted by Gasteiger charge is 2.36. The van der Waals surface area contributed by atoms with Crippen LogP contribution in [0.2, 0.25) is 0 Å². The second-order valence-electron chi connectivity index (χ2n) is 5.41. The Morgan fingerprint density at radius 3 is 2.52 bits per heavy atom. The number of imide groups is 1. The Balaban J connectivity index is 1.78. The molecule has 1 fully saturated rings. The predicted octanol–water partition coefficient (Wildman–Crippen LogP) is 1.52. The zero-order valence-corrected chi connectivity index (χ0v) is 14.8. The Hall–Kier alpha value is -3.33. The lowest BCUT2D eigenvalue weighted by atomic mass is 10.1. The van der Waals surface area contributed by atoms with E-state index in [0.29, 0.717) is 28.8 Å². The summed E-state index contributed by atoms with van der Waals surface area (Å²) in [5, 5.41) is 10.2. The number of methoxy groups -OCH3 is 1. The molecule has 2 amide bonds. The molecule has 0 bridgehead atoms. The van der Waals surface area contributed by atoms with Crippen molar-refractivity contribution in [2.75, 3.05) is 13.7 Å². The molecule has 0 N–H and O–H groups in total. The number of carboxylic acids is 1. The summed E-state index contributed by atoms with van der Waals surface area (Å²) < 4.78 is 10.1. The first-order valence-corrected chi connectivity index (χ1v) is 8.44. The Bertz CT molecular complexity index is 958. The standard InChI is InChI=1S/C18H13NO7S/c1-25-15(20)9-19-16(21)14(27-18(19)24)8-12-6-7-13(26-12)10-2-4-11(5-3-10)17(22)23/h2-8H,9H2,1H3,(H,22,23)/p-1/b14-8-. The minimum atomic E-state index is -1.27. The van der Waals surface area contributed by atoms with Gasteiger partial charge in [0.2, 0.25) is 0 Å². The fourth-order valence-corrected chi connectivity index (χ4v) is 3.13. The van der Waals surface area contributed by atoms with Crippen LogP contribution in [0.1, 0.15) is 16.1 Å². The molecule has 0 saturated carbocycles. The molecule has 0 unspecified atom stereocenters. The number of benzene rings is 1. The molecule has 2 heterocycles. The summed E-state index contributed by atoms with van der Waals surface area (Å²) in [5.41, 5.74) is 0.684. The van der Waals surface area contributed by atoms with Gasteiger partial charge in [0, 0.05) is 11.6 Å². The van der Waals surface area contributed by atoms with Gasteiger partial charge in [-0.1, -0.05) is 24.3 Å². The molecule has 1 saturated heterocycles. The van der Waals surface area contributed by atoms with Crippen molar-refractivity contribution in [1.29, 1.82) is 0 Å². The third-order valence-corrected chi connectivity index (χ3v) is 4.60. The molecule has 9 heteroatoms. The van der Waals surface area contributed by atoms with Crippen molar-refractivity contribution in [1.82, 2.24) is 4.90 Å². The molecule has 0 atom stereocenters. The van der Waals surface area contributed by atoms with Crippen molar-refractivity contribution >= 4 is 40.9 Å². The van der Waals surface area contributed by atoms with Crippen LogP contribution in [0.5, 0.6) is 0 Å². The quantitative estimate of drug-likeness (QED) is 0.561. The summed E-state index contributed by atoms with van der Waals surface area (Å²) in [6.07, 6.45) is 1.40. The number of rotatable bonds is 5. The van der Waals surface area contributed by atoms with E-state index in [-0.39, 0.29) is 10.5 Å². The molecule has 0 radical (unpaired) electrons. The molecule has 1 aliphatic rings. The smallest absolute Gasteiger partial charge is 0.325 e. The van der Waals surface area contributed by atoms with Gasteiger partial charge in [0.15, 0.2) is 0 Å². The lowest BCUT2D eigenvalue weighted by Crippen LogP contribution is -2.34. The predicted molar refractivity (Wildman–Crippen MR) is 93.2 cm³/mol. The van der Waals surface area contributed by atoms with Gasteiger partial charge in [-0.2, -0.15) is 0 Å². The Kier molecular flexibility index (Phi) is 5.13. The minimum Gasteiger partial charge on any atom is -0.545 e. The normalized spacial score (nSPS) is 15.4. The second-order valence-corrected chi connectivity index (χ2v) is 6.40. The van der Waals surface area contributed by atoms with Crippen molar-refractivity contribution in [3.05, 3.63) is 52.6 Å². The number of furan rings is 1. The van der Waals surface area contributed by atoms with Crippen LogP contribution in [0.3, 0.4) is 0 Å². The van der Waals surface area contributed by atoms with E-state index in [4.69, 9.17) is 4.42 Å². The van der Waals surface area contributed by atoms with Crippen LogP contribution in [0.25, 0.3) is 17.4 Å². The van der Waals surface area contributed by atoms with Gasteiger partial charge in [0.1, 0.15) is 18.1 Å². The topological polar surface area (TPSA) is 117 Å². The van der Waals surface area contributed by atoms with E-state index in [2.05, 4.69) is 4.74 Å². The first-order valence-electron chi connectivity index (χ1n) is 7.63. The van der Waals surface area contributed by atoms with Crippen LogP contribution < -0.4 is 5.11 Å². The first-order chi connectivity index (χ1) is 12.9. The number of thioether (sulfide) groups is 1. The Morgan fingerprint density at radius 1 is 1.19 bits per heavy atom. The van der Waals surface area contributed by atoms with Crippen LogP contribution in [-0.4, -0.2) is 41.6 Å². The fraction of sp³-hybridized carbons (Fsp3) is 0.111. The molecule has 1 aromatic heterocycles. The number of amides is 2. The number of hydrogen-bond donors (Lipinski definition) is 0. The molecular weight excluding hydrogens is 374 g/mol. The highest BCUT2D eigenvalue weighted by atomic mass is 32.2. The fourth-order valence-electron chi connectivity index (χ4n) is 2.32. The van der Waals surface area contributed by atoms with Gasteiger partial charge in [0.25, 0.3) is 11.1 Å². The maximum atomic E-state index is 12.3. The molecule has 1 aromatic carbocycles. The average molecular weight is 386 g/mol. The summed E-state index contributed by atoms with van der Waals surface area (Å²) in [4.78, 5) is 47.1. The van der Waals surface area contributed by atoms with Crippen molar-refractivity contribution in [3.63, 3.8) is 0 Å². The van der Waals surface area contributed by atoms with Gasteiger partial charge in [-0.25, -0.2) is 0 Å². The molecule has 0 spiro atoms. The van der Waals surface area contributed by atoms with Crippen molar-refractivity contribution < 1.29 is 33.4 Å². The Labute approximate surface area is 157 Å². The summed E-state index contributed by atoms with van der Waals surface area (Å²) in [6, 6.07) is 9.18. The SMILES string of the molecule is COC(=O)CN1C(=O)S/C(=C\c2ccc(-c3ccc(C(=O)[O-])cc3)o2)C1=O. The van der Waals surface area contributed by atoms with Gasteiger partial charge in [-0.3, -0.25) is 19.3 Å². The lowest BCUT2D eigenvalue weighted by Gasteiger charge is -2.09. The summed E-state index contributed by atoms with van der Waals surface area (Å²) in [5.74, 6) is -1.78. The minimum absolute atomic E-state index is 0.0461. The van der Waals surface area contributed by atoms with E-state index in [1.807, 2.05) is 0 Å². The van der Waals surface area contributed by atoms with E-state index in [1.54, 1.807) is 24.3 Å². The summed E-state index contributed by atoms with van der Waals surface area (Å²) >= 11 is 0.698. The first kappa shape index (κ1) is 18.5. The molecule has 3 rings (SSSR count). The van der Waals surface area contributed by atoms with Gasteiger partial charge in [0.05, 0.1) is 18.0 Å². The number of carbonyl (C=O) groups is 4. The van der Waals surface area contributed by atoms with Crippen LogP contribution in [0.15, 0.2) is 45.7 Å². The van der Waals surface area contributed by atoms with Gasteiger partial charge in [-0.15, -0.1) is 0 Å². The average Bonchev–Trinajstić information content (AvgIpc) is 3.22. The van der Waals surface area contributed by atoms with Crippen molar-refractivity contribution in [2.45, 2.75) is 0 Å². The number of hydrogen-bond acceptors (Lipinski definition) is 8. The zero-order chi connectivity index (χ0) is 19.6. The molecule has 8 nitrogen and oxygen atoms in total. The number of aromatic carboxylic acids is 1. The van der Waals surface area contributed by atoms with Crippen LogP contribution >= 0.6 is 11.8 Å². The summed E-state index contributed by atoms with van der Waals surface area (Å²) in [7, 11) is 1.17. The van der Waals surface area contributed by atoms with Crippen molar-refractivity contribution in [3.8, 4) is 11.3 Å². The number of ether oxygens (including phenoxy) is 1. The number of esters is 1. The van der Waals surface area contributed by atoms with Crippen LogP contribution in [-0.2, 0) is 14.3 Å². The summed E-state index contributed by atoms with van der Waals surface area (Å²) in [6.45, 7) is -0.452. The third kappa shape index (κ3) is 3.93. The maximum Gasteiger partial charge on any atom is 0.325 e. The number of carbonyl (C=O) groups excluding carboxylic acids is 4. The Morgan fingerprint density at radius 2 is 1.89 bits per heavy atom. The van der Waals surface area contributed by atoms with Crippen molar-refractivity contribution in [2.24, 2.45) is 0 Å². The molecule has 0 aliphatic carbocycles. The number of carboxylic acid groups (broad SMARTS) is 1. The molecular formula is C18H12NO7S-. The second kappa shape index (κ2) is 7.50. The molecule has 27 heavy (non-hydrogen) atoms. The monoisotopic (exact) mass is 386 g/mol. The van der Waals surface area contributed by atoms with E-state index in [9.17, 15) is 24.3 Å².